The molecule has 0 bridgehead atoms. The fourth-order valence-electron chi connectivity index (χ4n) is 2.58. The molecule has 0 N–H and O–H groups in total. The Labute approximate surface area is 107 Å². The summed E-state index contributed by atoms with van der Waals surface area (Å²) in [5, 5.41) is 0. The second kappa shape index (κ2) is 3.49. The van der Waals surface area contributed by atoms with Crippen molar-refractivity contribution in [2.24, 2.45) is 5.41 Å². The predicted octanol–water partition coefficient (Wildman–Crippen LogP) is 4.05. The monoisotopic (exact) mass is 248 g/mol. The average molecular weight is 249 g/mol. The summed E-state index contributed by atoms with van der Waals surface area (Å²) in [5.74, 6) is 1.49. The van der Waals surface area contributed by atoms with Crippen LogP contribution in [-0.2, 0) is 5.88 Å². The number of halogens is 1. The van der Waals surface area contributed by atoms with Gasteiger partial charge in [0.1, 0.15) is 5.82 Å². The smallest absolute Gasteiger partial charge is 0.125 e. The fourth-order valence-corrected chi connectivity index (χ4v) is 2.77. The van der Waals surface area contributed by atoms with Crippen LogP contribution in [0.15, 0.2) is 18.2 Å². The van der Waals surface area contributed by atoms with Gasteiger partial charge in [-0.15, -0.1) is 11.6 Å². The molecule has 1 heterocycles. The topological polar surface area (TPSA) is 17.8 Å². The molecular weight excluding hydrogens is 232 g/mol. The van der Waals surface area contributed by atoms with Crippen LogP contribution in [0.4, 0.5) is 0 Å². The maximum atomic E-state index is 6.02. The first kappa shape index (κ1) is 11.1. The second-order valence-corrected chi connectivity index (χ2v) is 6.00. The Bertz CT molecular complexity index is 583. The first-order valence-electron chi connectivity index (χ1n) is 6.06. The standard InChI is InChI=1S/C14H17ClN2/c1-9-4-5-11-10(6-9)16-13(8-15)17(11)12-7-14(12,2)3/h4-6,12H,7-8H2,1-3H3. The van der Waals surface area contributed by atoms with Gasteiger partial charge in [0.25, 0.3) is 0 Å². The quantitative estimate of drug-likeness (QED) is 0.733. The lowest BCUT2D eigenvalue weighted by Gasteiger charge is -2.09. The zero-order valence-corrected chi connectivity index (χ0v) is 11.3. The number of alkyl halides is 1. The van der Waals surface area contributed by atoms with Crippen molar-refractivity contribution in [2.75, 3.05) is 0 Å². The number of aromatic nitrogens is 2. The number of aryl methyl sites for hydroxylation is 1. The summed E-state index contributed by atoms with van der Waals surface area (Å²) in [6.07, 6.45) is 1.22. The zero-order valence-electron chi connectivity index (χ0n) is 10.5. The van der Waals surface area contributed by atoms with Crippen molar-refractivity contribution in [3.05, 3.63) is 29.6 Å². The van der Waals surface area contributed by atoms with Gasteiger partial charge in [-0.3, -0.25) is 0 Å². The van der Waals surface area contributed by atoms with Crippen molar-refractivity contribution in [3.8, 4) is 0 Å². The molecule has 1 atom stereocenters. The van der Waals surface area contributed by atoms with E-state index in [2.05, 4.69) is 48.5 Å². The molecule has 1 aliphatic rings. The summed E-state index contributed by atoms with van der Waals surface area (Å²) in [4.78, 5) is 4.65. The Balaban J connectivity index is 2.21. The molecule has 0 radical (unpaired) electrons. The highest BCUT2D eigenvalue weighted by atomic mass is 35.5. The lowest BCUT2D eigenvalue weighted by molar-refractivity contribution is 0.540. The zero-order chi connectivity index (χ0) is 12.2. The van der Waals surface area contributed by atoms with Gasteiger partial charge in [-0.1, -0.05) is 19.9 Å². The SMILES string of the molecule is Cc1ccc2c(c1)nc(CCl)n2C1CC1(C)C. The van der Waals surface area contributed by atoms with Crippen LogP contribution in [0.1, 0.15) is 37.7 Å². The predicted molar refractivity (Wildman–Crippen MR) is 71.5 cm³/mol. The third kappa shape index (κ3) is 1.66. The largest absolute Gasteiger partial charge is 0.323 e. The molecule has 1 aromatic heterocycles. The van der Waals surface area contributed by atoms with E-state index < -0.39 is 0 Å². The molecule has 0 saturated heterocycles. The minimum Gasteiger partial charge on any atom is -0.323 e. The maximum Gasteiger partial charge on any atom is 0.125 e. The van der Waals surface area contributed by atoms with Crippen molar-refractivity contribution in [3.63, 3.8) is 0 Å². The van der Waals surface area contributed by atoms with Crippen molar-refractivity contribution in [1.82, 2.24) is 9.55 Å². The normalized spacial score (nSPS) is 22.0. The van der Waals surface area contributed by atoms with Gasteiger partial charge in [-0.25, -0.2) is 4.98 Å². The molecule has 1 saturated carbocycles. The van der Waals surface area contributed by atoms with Crippen LogP contribution in [0, 0.1) is 12.3 Å². The summed E-state index contributed by atoms with van der Waals surface area (Å²) >= 11 is 6.02. The van der Waals surface area contributed by atoms with E-state index in [4.69, 9.17) is 11.6 Å². The number of benzene rings is 1. The van der Waals surface area contributed by atoms with Crippen molar-refractivity contribution >= 4 is 22.6 Å². The number of fused-ring (bicyclic) bond motifs is 1. The van der Waals surface area contributed by atoms with E-state index in [-0.39, 0.29) is 0 Å². The van der Waals surface area contributed by atoms with Crippen LogP contribution >= 0.6 is 11.6 Å². The molecule has 1 unspecified atom stereocenters. The highest BCUT2D eigenvalue weighted by molar-refractivity contribution is 6.16. The lowest BCUT2D eigenvalue weighted by atomic mass is 10.2. The molecular formula is C14H17ClN2. The van der Waals surface area contributed by atoms with Crippen molar-refractivity contribution in [1.29, 1.82) is 0 Å². The van der Waals surface area contributed by atoms with Crippen LogP contribution < -0.4 is 0 Å². The molecule has 3 rings (SSSR count). The molecule has 2 nitrogen and oxygen atoms in total. The van der Waals surface area contributed by atoms with Gasteiger partial charge in [0.15, 0.2) is 0 Å². The van der Waals surface area contributed by atoms with Gasteiger partial charge >= 0.3 is 0 Å². The summed E-state index contributed by atoms with van der Waals surface area (Å²) in [5.41, 5.74) is 3.93. The average Bonchev–Trinajstić information content (AvgIpc) is 2.74. The first-order chi connectivity index (χ1) is 8.03. The van der Waals surface area contributed by atoms with Crippen LogP contribution in [0.3, 0.4) is 0 Å². The second-order valence-electron chi connectivity index (χ2n) is 5.73. The summed E-state index contributed by atoms with van der Waals surface area (Å²) in [6, 6.07) is 7.01. The number of hydrogen-bond donors (Lipinski definition) is 0. The fraction of sp³-hybridized carbons (Fsp3) is 0.500. The van der Waals surface area contributed by atoms with E-state index in [9.17, 15) is 0 Å². The number of hydrogen-bond acceptors (Lipinski definition) is 1. The summed E-state index contributed by atoms with van der Waals surface area (Å²) in [7, 11) is 0. The van der Waals surface area contributed by atoms with E-state index in [1.807, 2.05) is 0 Å². The molecule has 3 heteroatoms. The molecule has 0 amide bonds. The molecule has 0 spiro atoms. The van der Waals surface area contributed by atoms with Gasteiger partial charge in [0, 0.05) is 6.04 Å². The van der Waals surface area contributed by atoms with E-state index in [0.29, 0.717) is 17.3 Å². The van der Waals surface area contributed by atoms with Crippen LogP contribution in [0.5, 0.6) is 0 Å². The highest BCUT2D eigenvalue weighted by Gasteiger charge is 2.48. The Hall–Kier alpha value is -1.02. The number of rotatable bonds is 2. The van der Waals surface area contributed by atoms with Gasteiger partial charge in [0.05, 0.1) is 16.9 Å². The van der Waals surface area contributed by atoms with Gasteiger partial charge in [-0.2, -0.15) is 0 Å². The highest BCUT2D eigenvalue weighted by Crippen LogP contribution is 2.56. The summed E-state index contributed by atoms with van der Waals surface area (Å²) < 4.78 is 2.34. The van der Waals surface area contributed by atoms with Gasteiger partial charge in [0.2, 0.25) is 0 Å². The van der Waals surface area contributed by atoms with E-state index in [1.54, 1.807) is 0 Å². The third-order valence-electron chi connectivity index (χ3n) is 3.81. The Morgan fingerprint density at radius 1 is 1.47 bits per heavy atom. The van der Waals surface area contributed by atoms with Gasteiger partial charge < -0.3 is 4.57 Å². The minimum atomic E-state index is 0.388. The van der Waals surface area contributed by atoms with E-state index >= 15 is 0 Å². The summed E-state index contributed by atoms with van der Waals surface area (Å²) in [6.45, 7) is 6.70. The number of nitrogens with zero attached hydrogens (tertiary/aromatic N) is 2. The Morgan fingerprint density at radius 2 is 2.18 bits per heavy atom. The molecule has 90 valence electrons. The minimum absolute atomic E-state index is 0.388. The van der Waals surface area contributed by atoms with Crippen LogP contribution in [0.2, 0.25) is 0 Å². The molecule has 1 aromatic carbocycles. The molecule has 1 aliphatic carbocycles. The molecule has 17 heavy (non-hydrogen) atoms. The lowest BCUT2D eigenvalue weighted by Crippen LogP contribution is -2.04. The molecule has 0 aliphatic heterocycles. The third-order valence-corrected chi connectivity index (χ3v) is 4.05. The van der Waals surface area contributed by atoms with Crippen molar-refractivity contribution < 1.29 is 0 Å². The van der Waals surface area contributed by atoms with Gasteiger partial charge in [-0.05, 0) is 36.5 Å². The van der Waals surface area contributed by atoms with Crippen LogP contribution in [-0.4, -0.2) is 9.55 Å². The Morgan fingerprint density at radius 3 is 2.76 bits per heavy atom. The van der Waals surface area contributed by atoms with Crippen LogP contribution in [0.25, 0.3) is 11.0 Å². The first-order valence-corrected chi connectivity index (χ1v) is 6.60. The van der Waals surface area contributed by atoms with Crippen molar-refractivity contribution in [2.45, 2.75) is 39.1 Å². The van der Waals surface area contributed by atoms with E-state index in [1.165, 1.54) is 17.5 Å². The maximum absolute atomic E-state index is 6.02. The Kier molecular flexibility index (Phi) is 2.27. The van der Waals surface area contributed by atoms with E-state index in [0.717, 1.165) is 11.3 Å². The number of imidazole rings is 1. The molecule has 2 aromatic rings. The molecule has 1 fully saturated rings.